The maximum Gasteiger partial charge on any atom is 0.314 e. The maximum atomic E-state index is 11.9. The summed E-state index contributed by atoms with van der Waals surface area (Å²) in [4.78, 5) is 27.7. The number of nitrogens with zero attached hydrogens (tertiary/aromatic N) is 2. The summed E-state index contributed by atoms with van der Waals surface area (Å²) < 4.78 is 15.9. The lowest BCUT2D eigenvalue weighted by atomic mass is 10.2. The Bertz CT molecular complexity index is 892. The summed E-state index contributed by atoms with van der Waals surface area (Å²) in [6, 6.07) is 5.25. The number of hydrogen-bond donors (Lipinski definition) is 1. The summed E-state index contributed by atoms with van der Waals surface area (Å²) >= 11 is 1.35. The van der Waals surface area contributed by atoms with Crippen LogP contribution in [0.1, 0.15) is 37.9 Å². The number of hydrazone groups is 1. The third kappa shape index (κ3) is 6.28. The molecule has 0 spiro atoms. The Labute approximate surface area is 172 Å². The topological polar surface area (TPSA) is 99.1 Å². The highest BCUT2D eigenvalue weighted by Crippen LogP contribution is 2.34. The van der Waals surface area contributed by atoms with Gasteiger partial charge in [0.15, 0.2) is 11.5 Å². The van der Waals surface area contributed by atoms with Crippen LogP contribution >= 0.6 is 11.3 Å². The lowest BCUT2D eigenvalue weighted by Crippen LogP contribution is -2.11. The first-order valence-electron chi connectivity index (χ1n) is 9.46. The quantitative estimate of drug-likeness (QED) is 0.274. The summed E-state index contributed by atoms with van der Waals surface area (Å²) in [6.07, 6.45) is 3.52. The number of aromatic nitrogens is 1. The largest absolute Gasteiger partial charge is 0.490 e. The molecule has 1 N–H and O–H groups in total. The average Bonchev–Trinajstić information content (AvgIpc) is 3.45. The number of carbonyl (C=O) groups is 2. The minimum Gasteiger partial charge on any atom is -0.490 e. The van der Waals surface area contributed by atoms with Gasteiger partial charge in [-0.3, -0.25) is 15.0 Å². The van der Waals surface area contributed by atoms with Crippen molar-refractivity contribution in [3.63, 3.8) is 0 Å². The Morgan fingerprint density at radius 1 is 1.28 bits per heavy atom. The van der Waals surface area contributed by atoms with Crippen molar-refractivity contribution in [3.05, 3.63) is 34.8 Å². The smallest absolute Gasteiger partial charge is 0.314 e. The van der Waals surface area contributed by atoms with Crippen LogP contribution < -0.4 is 14.9 Å². The Morgan fingerprint density at radius 3 is 2.83 bits per heavy atom. The Kier molecular flexibility index (Phi) is 7.18. The number of hydrogen-bond acceptors (Lipinski definition) is 9. The third-order valence-electron chi connectivity index (χ3n) is 3.95. The normalized spacial score (nSPS) is 13.3. The molecule has 0 amide bonds. The molecule has 154 valence electrons. The lowest BCUT2D eigenvalue weighted by molar-refractivity contribution is -0.142. The van der Waals surface area contributed by atoms with Crippen LogP contribution in [0.4, 0.5) is 5.13 Å². The van der Waals surface area contributed by atoms with E-state index in [1.807, 2.05) is 6.92 Å². The summed E-state index contributed by atoms with van der Waals surface area (Å²) in [5.41, 5.74) is 4.24. The highest BCUT2D eigenvalue weighted by Gasteiger charge is 2.32. The number of thiazole rings is 1. The van der Waals surface area contributed by atoms with E-state index in [-0.39, 0.29) is 24.3 Å². The number of nitrogens with one attached hydrogen (secondary N) is 1. The van der Waals surface area contributed by atoms with Gasteiger partial charge in [-0.15, -0.1) is 11.3 Å². The van der Waals surface area contributed by atoms with Crippen LogP contribution in [-0.2, 0) is 20.7 Å². The zero-order valence-corrected chi connectivity index (χ0v) is 17.2. The Morgan fingerprint density at radius 2 is 2.10 bits per heavy atom. The second-order valence-electron chi connectivity index (χ2n) is 6.33. The summed E-state index contributed by atoms with van der Waals surface area (Å²) in [6.45, 7) is 4.43. The standard InChI is InChI=1S/C20H23N3O5S/c1-3-26-17-9-13(5-8-16(17)28-19(25)14-6-7-14)11-21-23-20-22-15(12-29-20)10-18(24)27-4-2/h5,8-9,11-12,14H,3-4,6-7,10H2,1-2H3,(H,22,23). The van der Waals surface area contributed by atoms with E-state index in [0.717, 1.165) is 18.4 Å². The average molecular weight is 417 g/mol. The molecule has 1 saturated carbocycles. The van der Waals surface area contributed by atoms with Gasteiger partial charge in [0, 0.05) is 5.38 Å². The Hall–Kier alpha value is -2.94. The highest BCUT2D eigenvalue weighted by molar-refractivity contribution is 7.13. The van der Waals surface area contributed by atoms with Crippen LogP contribution in [-0.4, -0.2) is 36.4 Å². The van der Waals surface area contributed by atoms with Crippen LogP contribution in [0, 0.1) is 5.92 Å². The van der Waals surface area contributed by atoms with Crippen molar-refractivity contribution in [2.45, 2.75) is 33.1 Å². The fraction of sp³-hybridized carbons (Fsp3) is 0.400. The van der Waals surface area contributed by atoms with E-state index in [0.29, 0.717) is 35.5 Å². The Balaban J connectivity index is 1.59. The molecule has 29 heavy (non-hydrogen) atoms. The lowest BCUT2D eigenvalue weighted by Gasteiger charge is -2.11. The molecule has 1 aromatic carbocycles. The number of rotatable bonds is 10. The molecule has 0 atom stereocenters. The van der Waals surface area contributed by atoms with Crippen molar-refractivity contribution >= 4 is 34.6 Å². The minimum atomic E-state index is -0.307. The molecular formula is C20H23N3O5S. The zero-order chi connectivity index (χ0) is 20.6. The number of ether oxygens (including phenoxy) is 3. The molecule has 1 heterocycles. The number of esters is 2. The first-order valence-corrected chi connectivity index (χ1v) is 10.3. The molecule has 0 bridgehead atoms. The molecular weight excluding hydrogens is 394 g/mol. The third-order valence-corrected chi connectivity index (χ3v) is 4.74. The number of anilines is 1. The van der Waals surface area contributed by atoms with Gasteiger partial charge in [0.25, 0.3) is 0 Å². The van der Waals surface area contributed by atoms with E-state index < -0.39 is 0 Å². The fourth-order valence-corrected chi connectivity index (χ4v) is 3.09. The van der Waals surface area contributed by atoms with E-state index in [4.69, 9.17) is 14.2 Å². The van der Waals surface area contributed by atoms with Crippen molar-refractivity contribution in [3.8, 4) is 11.5 Å². The van der Waals surface area contributed by atoms with Crippen molar-refractivity contribution in [2.24, 2.45) is 11.0 Å². The molecule has 2 aromatic rings. The van der Waals surface area contributed by atoms with Crippen molar-refractivity contribution in [1.29, 1.82) is 0 Å². The molecule has 0 aliphatic heterocycles. The first-order chi connectivity index (χ1) is 14.1. The summed E-state index contributed by atoms with van der Waals surface area (Å²) in [5.74, 6) is 0.408. The number of carbonyl (C=O) groups excluding carboxylic acids is 2. The molecule has 8 nitrogen and oxygen atoms in total. The zero-order valence-electron chi connectivity index (χ0n) is 16.3. The van der Waals surface area contributed by atoms with Crippen molar-refractivity contribution < 1.29 is 23.8 Å². The van der Waals surface area contributed by atoms with Crippen LogP contribution in [0.15, 0.2) is 28.7 Å². The molecule has 1 aliphatic carbocycles. The minimum absolute atomic E-state index is 0.0157. The monoisotopic (exact) mass is 417 g/mol. The SMILES string of the molecule is CCOC(=O)Cc1csc(NN=Cc2ccc(OC(=O)C3CC3)c(OCC)c2)n1. The molecule has 1 aliphatic rings. The van der Waals surface area contributed by atoms with Crippen molar-refractivity contribution in [1.82, 2.24) is 4.98 Å². The fourth-order valence-electron chi connectivity index (χ4n) is 2.43. The predicted molar refractivity (Wildman–Crippen MR) is 110 cm³/mol. The van der Waals surface area contributed by atoms with E-state index in [9.17, 15) is 9.59 Å². The van der Waals surface area contributed by atoms with Gasteiger partial charge >= 0.3 is 11.9 Å². The van der Waals surface area contributed by atoms with Crippen LogP contribution in [0.3, 0.4) is 0 Å². The molecule has 3 rings (SSSR count). The second-order valence-corrected chi connectivity index (χ2v) is 7.19. The van der Waals surface area contributed by atoms with Gasteiger partial charge in [0.2, 0.25) is 5.13 Å². The van der Waals surface area contributed by atoms with Gasteiger partial charge in [-0.1, -0.05) is 0 Å². The molecule has 1 fully saturated rings. The molecule has 9 heteroatoms. The predicted octanol–water partition coefficient (Wildman–Crippen LogP) is 3.41. The number of benzene rings is 1. The molecule has 0 saturated heterocycles. The molecule has 1 aromatic heterocycles. The summed E-state index contributed by atoms with van der Waals surface area (Å²) in [5, 5.41) is 6.52. The van der Waals surface area contributed by atoms with Crippen molar-refractivity contribution in [2.75, 3.05) is 18.6 Å². The summed E-state index contributed by atoms with van der Waals surface area (Å²) in [7, 11) is 0. The van der Waals surface area contributed by atoms with E-state index >= 15 is 0 Å². The highest BCUT2D eigenvalue weighted by atomic mass is 32.1. The van der Waals surface area contributed by atoms with Crippen LogP contribution in [0.25, 0.3) is 0 Å². The van der Waals surface area contributed by atoms with E-state index in [2.05, 4.69) is 15.5 Å². The van der Waals surface area contributed by atoms with Gasteiger partial charge in [-0.05, 0) is 50.5 Å². The molecule has 0 unspecified atom stereocenters. The second kappa shape index (κ2) is 10.0. The maximum absolute atomic E-state index is 11.9. The van der Waals surface area contributed by atoms with Gasteiger partial charge in [-0.25, -0.2) is 4.98 Å². The van der Waals surface area contributed by atoms with Gasteiger partial charge in [0.1, 0.15) is 0 Å². The van der Waals surface area contributed by atoms with Crippen LogP contribution in [0.2, 0.25) is 0 Å². The first kappa shape index (κ1) is 20.8. The van der Waals surface area contributed by atoms with Gasteiger partial charge in [-0.2, -0.15) is 5.10 Å². The van der Waals surface area contributed by atoms with Gasteiger partial charge in [0.05, 0.1) is 37.5 Å². The van der Waals surface area contributed by atoms with E-state index in [1.54, 1.807) is 36.7 Å². The van der Waals surface area contributed by atoms with Gasteiger partial charge < -0.3 is 14.2 Å². The van der Waals surface area contributed by atoms with Crippen LogP contribution in [0.5, 0.6) is 11.5 Å². The molecule has 0 radical (unpaired) electrons. The van der Waals surface area contributed by atoms with E-state index in [1.165, 1.54) is 11.3 Å².